The second kappa shape index (κ2) is 5.58. The lowest BCUT2D eigenvalue weighted by Crippen LogP contribution is -1.78. The molecule has 1 aromatic heterocycles. The van der Waals surface area contributed by atoms with Gasteiger partial charge in [0.25, 0.3) is 0 Å². The standard InChI is InChI=1S/C13H9BrS2/c1-15-12-5-3-2-4-10(12)6-7-13-11(14)8-9-16-13/h2-5,8-9H,1H3. The summed E-state index contributed by atoms with van der Waals surface area (Å²) in [5, 5.41) is 2.04. The zero-order chi connectivity index (χ0) is 11.4. The first-order chi connectivity index (χ1) is 7.81. The lowest BCUT2D eigenvalue weighted by Gasteiger charge is -1.98. The normalized spacial score (nSPS) is 9.62. The van der Waals surface area contributed by atoms with E-state index in [2.05, 4.69) is 46.2 Å². The number of rotatable bonds is 1. The lowest BCUT2D eigenvalue weighted by molar-refractivity contribution is 1.42. The molecule has 2 aromatic rings. The fourth-order valence-corrected chi connectivity index (χ4v) is 3.13. The molecule has 0 aliphatic carbocycles. The van der Waals surface area contributed by atoms with Crippen LogP contribution in [0.4, 0.5) is 0 Å². The Kier molecular flexibility index (Phi) is 4.11. The molecule has 0 saturated carbocycles. The third kappa shape index (κ3) is 2.70. The zero-order valence-electron chi connectivity index (χ0n) is 8.66. The fourth-order valence-electron chi connectivity index (χ4n) is 1.25. The molecular formula is C13H9BrS2. The summed E-state index contributed by atoms with van der Waals surface area (Å²) >= 11 is 6.86. The van der Waals surface area contributed by atoms with Gasteiger partial charge in [-0.1, -0.05) is 18.1 Å². The molecule has 16 heavy (non-hydrogen) atoms. The highest BCUT2D eigenvalue weighted by Crippen LogP contribution is 2.22. The van der Waals surface area contributed by atoms with Gasteiger partial charge in [-0.3, -0.25) is 0 Å². The Hall–Kier alpha value is -0.690. The molecule has 0 aliphatic heterocycles. The highest BCUT2D eigenvalue weighted by molar-refractivity contribution is 9.10. The minimum Gasteiger partial charge on any atom is -0.134 e. The molecule has 0 atom stereocenters. The average Bonchev–Trinajstić information content (AvgIpc) is 2.72. The van der Waals surface area contributed by atoms with Crippen molar-refractivity contribution in [3.63, 3.8) is 0 Å². The van der Waals surface area contributed by atoms with Crippen molar-refractivity contribution in [2.75, 3.05) is 6.26 Å². The van der Waals surface area contributed by atoms with Crippen LogP contribution in [0.25, 0.3) is 0 Å². The van der Waals surface area contributed by atoms with Crippen LogP contribution in [0, 0.1) is 11.8 Å². The number of halogens is 1. The summed E-state index contributed by atoms with van der Waals surface area (Å²) in [6, 6.07) is 10.2. The Balaban J connectivity index is 2.34. The van der Waals surface area contributed by atoms with E-state index in [4.69, 9.17) is 0 Å². The van der Waals surface area contributed by atoms with Gasteiger partial charge in [-0.25, -0.2) is 0 Å². The molecule has 0 unspecified atom stereocenters. The molecular weight excluding hydrogens is 300 g/mol. The Labute approximate surface area is 112 Å². The Morgan fingerprint density at radius 2 is 2.00 bits per heavy atom. The minimum absolute atomic E-state index is 1.08. The molecule has 3 heteroatoms. The summed E-state index contributed by atoms with van der Waals surface area (Å²) in [7, 11) is 0. The van der Waals surface area contributed by atoms with E-state index >= 15 is 0 Å². The quantitative estimate of drug-likeness (QED) is 0.546. The fraction of sp³-hybridized carbons (Fsp3) is 0.0769. The molecule has 1 aromatic carbocycles. The number of thiophene rings is 1. The van der Waals surface area contributed by atoms with Crippen LogP contribution in [0.3, 0.4) is 0 Å². The van der Waals surface area contributed by atoms with Crippen molar-refractivity contribution >= 4 is 39.0 Å². The van der Waals surface area contributed by atoms with E-state index in [1.54, 1.807) is 23.1 Å². The molecule has 1 heterocycles. The monoisotopic (exact) mass is 308 g/mol. The summed E-state index contributed by atoms with van der Waals surface area (Å²) < 4.78 is 1.08. The summed E-state index contributed by atoms with van der Waals surface area (Å²) in [4.78, 5) is 2.30. The maximum absolute atomic E-state index is 3.48. The average molecular weight is 309 g/mol. The molecule has 0 amide bonds. The topological polar surface area (TPSA) is 0 Å². The van der Waals surface area contributed by atoms with Gasteiger partial charge in [0, 0.05) is 14.9 Å². The van der Waals surface area contributed by atoms with Crippen molar-refractivity contribution in [2.45, 2.75) is 4.90 Å². The number of hydrogen-bond donors (Lipinski definition) is 0. The van der Waals surface area contributed by atoms with E-state index in [0.29, 0.717) is 0 Å². The van der Waals surface area contributed by atoms with Crippen LogP contribution in [-0.2, 0) is 0 Å². The first-order valence-corrected chi connectivity index (χ1v) is 7.59. The van der Waals surface area contributed by atoms with Crippen LogP contribution in [0.2, 0.25) is 0 Å². The molecule has 0 spiro atoms. The van der Waals surface area contributed by atoms with E-state index in [1.807, 2.05) is 23.6 Å². The second-order valence-electron chi connectivity index (χ2n) is 3.05. The number of benzene rings is 1. The Morgan fingerprint density at radius 3 is 2.69 bits per heavy atom. The van der Waals surface area contributed by atoms with E-state index in [9.17, 15) is 0 Å². The predicted molar refractivity (Wildman–Crippen MR) is 76.2 cm³/mol. The van der Waals surface area contributed by atoms with Gasteiger partial charge in [-0.05, 0) is 51.7 Å². The first kappa shape index (κ1) is 11.8. The molecule has 0 bridgehead atoms. The van der Waals surface area contributed by atoms with Gasteiger partial charge in [0.1, 0.15) is 0 Å². The highest BCUT2D eigenvalue weighted by atomic mass is 79.9. The van der Waals surface area contributed by atoms with Gasteiger partial charge in [-0.2, -0.15) is 0 Å². The van der Waals surface area contributed by atoms with Crippen molar-refractivity contribution < 1.29 is 0 Å². The van der Waals surface area contributed by atoms with E-state index in [0.717, 1.165) is 14.9 Å². The molecule has 0 fully saturated rings. The van der Waals surface area contributed by atoms with Gasteiger partial charge in [0.15, 0.2) is 0 Å². The maximum atomic E-state index is 3.48. The minimum atomic E-state index is 1.08. The summed E-state index contributed by atoms with van der Waals surface area (Å²) in [6.07, 6.45) is 2.07. The summed E-state index contributed by atoms with van der Waals surface area (Å²) in [5.74, 6) is 6.41. The Morgan fingerprint density at radius 1 is 1.19 bits per heavy atom. The van der Waals surface area contributed by atoms with Crippen molar-refractivity contribution in [2.24, 2.45) is 0 Å². The first-order valence-electron chi connectivity index (χ1n) is 4.69. The molecule has 0 aliphatic rings. The van der Waals surface area contributed by atoms with E-state index in [1.165, 1.54) is 4.90 Å². The summed E-state index contributed by atoms with van der Waals surface area (Å²) in [5.41, 5.74) is 1.09. The van der Waals surface area contributed by atoms with E-state index < -0.39 is 0 Å². The molecule has 80 valence electrons. The molecule has 0 N–H and O–H groups in total. The van der Waals surface area contributed by atoms with Crippen molar-refractivity contribution in [3.8, 4) is 11.8 Å². The van der Waals surface area contributed by atoms with Gasteiger partial charge < -0.3 is 0 Å². The Bertz CT molecular complexity index is 546. The lowest BCUT2D eigenvalue weighted by atomic mass is 10.2. The van der Waals surface area contributed by atoms with Gasteiger partial charge in [0.2, 0.25) is 0 Å². The van der Waals surface area contributed by atoms with Crippen molar-refractivity contribution in [3.05, 3.63) is 50.6 Å². The SMILES string of the molecule is CSc1ccccc1C#Cc1sccc1Br. The van der Waals surface area contributed by atoms with Gasteiger partial charge in [0.05, 0.1) is 4.88 Å². The molecule has 0 saturated heterocycles. The highest BCUT2D eigenvalue weighted by Gasteiger charge is 1.98. The van der Waals surface area contributed by atoms with Gasteiger partial charge >= 0.3 is 0 Å². The molecule has 0 nitrogen and oxygen atoms in total. The van der Waals surface area contributed by atoms with Crippen LogP contribution in [-0.4, -0.2) is 6.26 Å². The number of hydrogen-bond acceptors (Lipinski definition) is 2. The number of thioether (sulfide) groups is 1. The van der Waals surface area contributed by atoms with Crippen LogP contribution in [0.1, 0.15) is 10.4 Å². The van der Waals surface area contributed by atoms with Crippen LogP contribution < -0.4 is 0 Å². The third-order valence-corrected chi connectivity index (χ3v) is 4.58. The predicted octanol–water partition coefficient (Wildman–Crippen LogP) is 4.63. The van der Waals surface area contributed by atoms with E-state index in [-0.39, 0.29) is 0 Å². The second-order valence-corrected chi connectivity index (χ2v) is 5.67. The van der Waals surface area contributed by atoms with Crippen LogP contribution in [0.15, 0.2) is 45.1 Å². The maximum Gasteiger partial charge on any atom is 0.0914 e. The van der Waals surface area contributed by atoms with Gasteiger partial charge in [-0.15, -0.1) is 23.1 Å². The third-order valence-electron chi connectivity index (χ3n) is 2.03. The van der Waals surface area contributed by atoms with Crippen molar-refractivity contribution in [1.82, 2.24) is 0 Å². The summed E-state index contributed by atoms with van der Waals surface area (Å²) in [6.45, 7) is 0. The molecule has 2 rings (SSSR count). The largest absolute Gasteiger partial charge is 0.134 e. The van der Waals surface area contributed by atoms with Crippen LogP contribution >= 0.6 is 39.0 Å². The van der Waals surface area contributed by atoms with Crippen LogP contribution in [0.5, 0.6) is 0 Å². The smallest absolute Gasteiger partial charge is 0.0914 e. The molecule has 0 radical (unpaired) electrons. The van der Waals surface area contributed by atoms with Crippen molar-refractivity contribution in [1.29, 1.82) is 0 Å². The zero-order valence-corrected chi connectivity index (χ0v) is 11.9.